The molecule has 4 rings (SSSR count). The maximum Gasteiger partial charge on any atom is 0.306 e. The summed E-state index contributed by atoms with van der Waals surface area (Å²) in [5.41, 5.74) is 3.02. The Morgan fingerprint density at radius 2 is 1.63 bits per heavy atom. The number of amides is 2. The van der Waals surface area contributed by atoms with Crippen molar-refractivity contribution in [3.8, 4) is 0 Å². The lowest BCUT2D eigenvalue weighted by Gasteiger charge is -2.21. The van der Waals surface area contributed by atoms with Gasteiger partial charge in [0.15, 0.2) is 18.9 Å². The summed E-state index contributed by atoms with van der Waals surface area (Å²) in [4.78, 5) is 38.0. The van der Waals surface area contributed by atoms with Crippen LogP contribution >= 0.6 is 0 Å². The highest BCUT2D eigenvalue weighted by atomic mass is 16.5. The summed E-state index contributed by atoms with van der Waals surface area (Å²) < 4.78 is 7.72. The first-order valence-electron chi connectivity index (χ1n) is 13.0. The van der Waals surface area contributed by atoms with Crippen molar-refractivity contribution in [1.29, 1.82) is 0 Å². The summed E-state index contributed by atoms with van der Waals surface area (Å²) in [6, 6.07) is 23.5. The Balaban J connectivity index is 1.32. The second-order valence-electron chi connectivity index (χ2n) is 9.42. The van der Waals surface area contributed by atoms with E-state index in [0.29, 0.717) is 19.4 Å². The highest BCUT2D eigenvalue weighted by Crippen LogP contribution is 2.19. The topological polar surface area (TPSA) is 88.4 Å². The molecule has 38 heavy (non-hydrogen) atoms. The van der Waals surface area contributed by atoms with Crippen LogP contribution in [0.1, 0.15) is 48.5 Å². The van der Waals surface area contributed by atoms with Crippen LogP contribution in [0, 0.1) is 5.92 Å². The van der Waals surface area contributed by atoms with E-state index >= 15 is 0 Å². The first-order valence-corrected chi connectivity index (χ1v) is 13.0. The van der Waals surface area contributed by atoms with E-state index in [1.54, 1.807) is 0 Å². The van der Waals surface area contributed by atoms with Crippen molar-refractivity contribution in [2.45, 2.75) is 44.9 Å². The Hall–Kier alpha value is -4.26. The molecule has 0 saturated heterocycles. The molecule has 1 aliphatic rings. The number of benzene rings is 2. The largest absolute Gasteiger partial charge is 0.456 e. The molecule has 2 heterocycles. The van der Waals surface area contributed by atoms with Gasteiger partial charge in [0, 0.05) is 37.1 Å². The van der Waals surface area contributed by atoms with Gasteiger partial charge in [0.2, 0.25) is 11.8 Å². The molecule has 7 nitrogen and oxygen atoms in total. The molecule has 7 heteroatoms. The maximum absolute atomic E-state index is 13.0. The molecule has 0 radical (unpaired) electrons. The van der Waals surface area contributed by atoms with Crippen molar-refractivity contribution in [1.82, 2.24) is 10.6 Å². The van der Waals surface area contributed by atoms with Crippen LogP contribution in [-0.2, 0) is 32.2 Å². The summed E-state index contributed by atoms with van der Waals surface area (Å²) in [6.07, 6.45) is 8.44. The summed E-state index contributed by atoms with van der Waals surface area (Å²) in [7, 11) is 0. The average Bonchev–Trinajstić information content (AvgIpc) is 2.94. The Morgan fingerprint density at radius 1 is 0.921 bits per heavy atom. The number of hydrogen-bond donors (Lipinski definition) is 2. The zero-order valence-corrected chi connectivity index (χ0v) is 21.4. The molecule has 196 valence electrons. The predicted octanol–water partition coefficient (Wildman–Crippen LogP) is 3.79. The van der Waals surface area contributed by atoms with E-state index in [1.807, 2.05) is 85.2 Å². The van der Waals surface area contributed by atoms with Crippen molar-refractivity contribution in [2.75, 3.05) is 6.54 Å². The van der Waals surface area contributed by atoms with E-state index in [0.717, 1.165) is 17.7 Å². The van der Waals surface area contributed by atoms with Crippen LogP contribution in [0.15, 0.2) is 97.3 Å². The molecule has 2 atom stereocenters. The fourth-order valence-electron chi connectivity index (χ4n) is 4.32. The summed E-state index contributed by atoms with van der Waals surface area (Å²) in [6.45, 7) is 1.33. The van der Waals surface area contributed by atoms with E-state index in [4.69, 9.17) is 4.74 Å². The van der Waals surface area contributed by atoms with Crippen LogP contribution in [0.3, 0.4) is 0 Å². The Labute approximate surface area is 223 Å². The van der Waals surface area contributed by atoms with Crippen molar-refractivity contribution in [2.24, 2.45) is 5.92 Å². The molecule has 0 unspecified atom stereocenters. The van der Waals surface area contributed by atoms with Gasteiger partial charge in [0.1, 0.15) is 6.10 Å². The van der Waals surface area contributed by atoms with E-state index in [1.165, 1.54) is 5.56 Å². The van der Waals surface area contributed by atoms with Gasteiger partial charge in [-0.3, -0.25) is 14.4 Å². The fourth-order valence-corrected chi connectivity index (χ4v) is 4.32. The molecule has 2 N–H and O–H groups in total. The zero-order chi connectivity index (χ0) is 26.6. The zero-order valence-electron chi connectivity index (χ0n) is 21.4. The van der Waals surface area contributed by atoms with E-state index in [9.17, 15) is 14.4 Å². The van der Waals surface area contributed by atoms with Crippen molar-refractivity contribution in [3.63, 3.8) is 0 Å². The van der Waals surface area contributed by atoms with E-state index in [-0.39, 0.29) is 37.2 Å². The van der Waals surface area contributed by atoms with Crippen molar-refractivity contribution in [3.05, 3.63) is 114 Å². The summed E-state index contributed by atoms with van der Waals surface area (Å²) >= 11 is 0. The van der Waals surface area contributed by atoms with Crippen LogP contribution in [0.25, 0.3) is 0 Å². The van der Waals surface area contributed by atoms with Crippen LogP contribution in [0.4, 0.5) is 0 Å². The number of hydrogen-bond acceptors (Lipinski definition) is 4. The fraction of sp³-hybridized carbons (Fsp3) is 0.290. The molecule has 0 spiro atoms. The van der Waals surface area contributed by atoms with Gasteiger partial charge >= 0.3 is 5.97 Å². The quantitative estimate of drug-likeness (QED) is 0.287. The number of aromatic nitrogens is 1. The summed E-state index contributed by atoms with van der Waals surface area (Å²) in [5, 5.41) is 5.83. The van der Waals surface area contributed by atoms with Crippen LogP contribution < -0.4 is 15.2 Å². The predicted molar refractivity (Wildman–Crippen MR) is 143 cm³/mol. The minimum atomic E-state index is -0.576. The van der Waals surface area contributed by atoms with E-state index in [2.05, 4.69) is 27.3 Å². The molecule has 0 bridgehead atoms. The van der Waals surface area contributed by atoms with Gasteiger partial charge in [0.25, 0.3) is 0 Å². The molecule has 1 aliphatic heterocycles. The number of carbonyl (C=O) groups is 3. The van der Waals surface area contributed by atoms with Crippen LogP contribution in [0.2, 0.25) is 0 Å². The van der Waals surface area contributed by atoms with Gasteiger partial charge in [-0.2, -0.15) is 0 Å². The number of ether oxygens (including phenoxy) is 1. The maximum atomic E-state index is 13.0. The minimum Gasteiger partial charge on any atom is -0.456 e. The number of pyridine rings is 1. The number of allylic oxidation sites excluding steroid dienone is 2. The van der Waals surface area contributed by atoms with Crippen LogP contribution in [0.5, 0.6) is 0 Å². The first-order chi connectivity index (χ1) is 18.6. The molecular formula is C31H34N3O4+. The van der Waals surface area contributed by atoms with Crippen LogP contribution in [-0.4, -0.2) is 24.3 Å². The van der Waals surface area contributed by atoms with Gasteiger partial charge in [-0.05, 0) is 24.0 Å². The molecule has 1 aromatic heterocycles. The Morgan fingerprint density at radius 3 is 2.37 bits per heavy atom. The third-order valence-corrected chi connectivity index (χ3v) is 6.47. The number of esters is 1. The summed E-state index contributed by atoms with van der Waals surface area (Å²) in [5.74, 6) is -1.23. The molecule has 2 amide bonds. The normalized spacial score (nSPS) is 19.3. The number of nitrogens with one attached hydrogen (secondary N) is 2. The Kier molecular flexibility index (Phi) is 9.79. The number of rotatable bonds is 7. The van der Waals surface area contributed by atoms with Gasteiger partial charge in [0.05, 0.1) is 12.5 Å². The number of carbonyl (C=O) groups excluding carboxylic acids is 3. The van der Waals surface area contributed by atoms with Gasteiger partial charge in [-0.25, -0.2) is 4.57 Å². The highest BCUT2D eigenvalue weighted by molar-refractivity contribution is 5.86. The Bertz CT molecular complexity index is 1230. The molecule has 2 aromatic carbocycles. The molecule has 0 fully saturated rings. The smallest absolute Gasteiger partial charge is 0.306 e. The monoisotopic (exact) mass is 512 g/mol. The third kappa shape index (κ3) is 8.40. The molecule has 0 saturated carbocycles. The van der Waals surface area contributed by atoms with E-state index < -0.39 is 12.0 Å². The van der Waals surface area contributed by atoms with Gasteiger partial charge in [-0.15, -0.1) is 0 Å². The molecule has 3 aromatic rings. The SMILES string of the molecule is O=C(C[C@@H]1C/C=C/CCC(=O)O[C@H](c2ccccc2)CNC1=O)NCc1cc[n+](Cc2ccccc2)cc1. The number of cyclic esters (lactones) is 1. The lowest BCUT2D eigenvalue weighted by Crippen LogP contribution is -2.37. The first kappa shape index (κ1) is 26.8. The third-order valence-electron chi connectivity index (χ3n) is 6.47. The second-order valence-corrected chi connectivity index (χ2v) is 9.42. The van der Waals surface area contributed by atoms with Gasteiger partial charge < -0.3 is 15.4 Å². The highest BCUT2D eigenvalue weighted by Gasteiger charge is 2.24. The molecular weight excluding hydrogens is 478 g/mol. The molecule has 0 aliphatic carbocycles. The standard InChI is InChI=1S/C31H33N3O4/c35-29(32-21-24-16-18-34(19-17-24)23-25-10-4-1-5-11-25)20-27-14-8-3-9-15-30(36)38-28(22-33-31(27)37)26-12-6-2-7-13-26/h1-8,10-13,16-19,27-28H,9,14-15,20-23H2,(H-,32,33,35,37)/p+1/b8-3+/t27-,28-/m0/s1. The number of nitrogens with zero attached hydrogens (tertiary/aromatic N) is 1. The van der Waals surface area contributed by atoms with Gasteiger partial charge in [-0.1, -0.05) is 72.8 Å². The minimum absolute atomic E-state index is 0.0762. The second kappa shape index (κ2) is 13.9. The van der Waals surface area contributed by atoms with Crippen molar-refractivity contribution >= 4 is 17.8 Å². The average molecular weight is 513 g/mol. The lowest BCUT2D eigenvalue weighted by atomic mass is 9.98. The van der Waals surface area contributed by atoms with Crippen molar-refractivity contribution < 1.29 is 23.7 Å². The lowest BCUT2D eigenvalue weighted by molar-refractivity contribution is -0.688.